The number of aromatic nitrogens is 2. The summed E-state index contributed by atoms with van der Waals surface area (Å²) >= 11 is 0. The van der Waals surface area contributed by atoms with Crippen molar-refractivity contribution in [2.75, 3.05) is 0 Å². The predicted octanol–water partition coefficient (Wildman–Crippen LogP) is 2.19. The average Bonchev–Trinajstić information content (AvgIpc) is 2.89. The van der Waals surface area contributed by atoms with E-state index in [4.69, 9.17) is 0 Å². The fourth-order valence-electron chi connectivity index (χ4n) is 1.54. The van der Waals surface area contributed by atoms with Crippen LogP contribution in [0.25, 0.3) is 0 Å². The Morgan fingerprint density at radius 2 is 2.05 bits per heavy atom. The van der Waals surface area contributed by atoms with Gasteiger partial charge in [-0.05, 0) is 12.1 Å². The molecule has 1 heterocycles. The van der Waals surface area contributed by atoms with Gasteiger partial charge in [0.1, 0.15) is 12.4 Å². The van der Waals surface area contributed by atoms with Gasteiger partial charge in [0.05, 0.1) is 6.21 Å². The molecule has 116 valence electrons. The highest BCUT2D eigenvalue weighted by atomic mass is 19.4. The smallest absolute Gasteiger partial charge is 0.271 e. The Kier molecular flexibility index (Phi) is 4.54. The molecule has 2 aromatic rings. The van der Waals surface area contributed by atoms with Crippen LogP contribution in [-0.2, 0) is 17.5 Å². The first-order valence-electron chi connectivity index (χ1n) is 6.03. The monoisotopic (exact) mass is 314 g/mol. The number of rotatable bonds is 4. The molecule has 9 heteroatoms. The molecule has 0 aliphatic carbocycles. The maximum Gasteiger partial charge on any atom is 0.435 e. The maximum absolute atomic E-state index is 13.3. The SMILES string of the molecule is O=C(Cn1ccc(C(F)(F)F)n1)N/N=C\c1ccccc1F. The number of halogens is 4. The molecule has 0 atom stereocenters. The van der Waals surface area contributed by atoms with Gasteiger partial charge < -0.3 is 0 Å². The molecule has 2 rings (SSSR count). The molecule has 0 saturated heterocycles. The largest absolute Gasteiger partial charge is 0.435 e. The second-order valence-electron chi connectivity index (χ2n) is 4.21. The van der Waals surface area contributed by atoms with Crippen molar-refractivity contribution in [2.24, 2.45) is 5.10 Å². The molecule has 0 aliphatic rings. The van der Waals surface area contributed by atoms with Crippen LogP contribution in [0.4, 0.5) is 17.6 Å². The molecule has 1 aromatic carbocycles. The number of amides is 1. The lowest BCUT2D eigenvalue weighted by Crippen LogP contribution is -2.23. The topological polar surface area (TPSA) is 59.3 Å². The Balaban J connectivity index is 1.91. The average molecular weight is 314 g/mol. The number of nitrogens with zero attached hydrogens (tertiary/aromatic N) is 3. The quantitative estimate of drug-likeness (QED) is 0.534. The van der Waals surface area contributed by atoms with Crippen LogP contribution in [0.2, 0.25) is 0 Å². The van der Waals surface area contributed by atoms with Crippen LogP contribution in [0, 0.1) is 5.82 Å². The van der Waals surface area contributed by atoms with E-state index in [1.54, 1.807) is 6.07 Å². The van der Waals surface area contributed by atoms with Crippen LogP contribution in [0.15, 0.2) is 41.6 Å². The number of hydrogen-bond donors (Lipinski definition) is 1. The van der Waals surface area contributed by atoms with Gasteiger partial charge in [-0.15, -0.1) is 0 Å². The van der Waals surface area contributed by atoms with E-state index in [2.05, 4.69) is 15.6 Å². The summed E-state index contributed by atoms with van der Waals surface area (Å²) in [6, 6.07) is 6.53. The first kappa shape index (κ1) is 15.7. The van der Waals surface area contributed by atoms with Crippen LogP contribution >= 0.6 is 0 Å². The Hall–Kier alpha value is -2.71. The van der Waals surface area contributed by atoms with Gasteiger partial charge in [-0.2, -0.15) is 23.4 Å². The van der Waals surface area contributed by atoms with E-state index in [0.29, 0.717) is 0 Å². The second-order valence-corrected chi connectivity index (χ2v) is 4.21. The summed E-state index contributed by atoms with van der Waals surface area (Å²) < 4.78 is 51.1. The zero-order chi connectivity index (χ0) is 16.2. The number of hydrazone groups is 1. The molecular weight excluding hydrogens is 304 g/mol. The third-order valence-electron chi connectivity index (χ3n) is 2.53. The van der Waals surface area contributed by atoms with Crippen LogP contribution in [0.1, 0.15) is 11.3 Å². The number of nitrogens with one attached hydrogen (secondary N) is 1. The first-order chi connectivity index (χ1) is 10.4. The molecule has 5 nitrogen and oxygen atoms in total. The summed E-state index contributed by atoms with van der Waals surface area (Å²) in [5, 5.41) is 6.75. The molecule has 0 saturated carbocycles. The van der Waals surface area contributed by atoms with Gasteiger partial charge in [0, 0.05) is 11.8 Å². The van der Waals surface area contributed by atoms with Crippen molar-refractivity contribution >= 4 is 12.1 Å². The van der Waals surface area contributed by atoms with Crippen LogP contribution < -0.4 is 5.43 Å². The fourth-order valence-corrected chi connectivity index (χ4v) is 1.54. The van der Waals surface area contributed by atoms with Gasteiger partial charge >= 0.3 is 6.18 Å². The lowest BCUT2D eigenvalue weighted by Gasteiger charge is -2.02. The predicted molar refractivity (Wildman–Crippen MR) is 69.4 cm³/mol. The van der Waals surface area contributed by atoms with Crippen molar-refractivity contribution in [2.45, 2.75) is 12.7 Å². The molecule has 1 aromatic heterocycles. The van der Waals surface area contributed by atoms with Crippen LogP contribution in [-0.4, -0.2) is 21.9 Å². The minimum atomic E-state index is -4.56. The Morgan fingerprint density at radius 3 is 2.68 bits per heavy atom. The minimum Gasteiger partial charge on any atom is -0.271 e. The summed E-state index contributed by atoms with van der Waals surface area (Å²) in [6.07, 6.45) is -2.44. The first-order valence-corrected chi connectivity index (χ1v) is 6.03. The van der Waals surface area contributed by atoms with Crippen molar-refractivity contribution in [1.29, 1.82) is 0 Å². The number of hydrogen-bond acceptors (Lipinski definition) is 3. The number of carbonyl (C=O) groups excluding carboxylic acids is 1. The highest BCUT2D eigenvalue weighted by Gasteiger charge is 2.33. The van der Waals surface area contributed by atoms with Gasteiger partial charge in [0.25, 0.3) is 5.91 Å². The van der Waals surface area contributed by atoms with Crippen molar-refractivity contribution in [3.05, 3.63) is 53.6 Å². The molecule has 0 unspecified atom stereocenters. The molecule has 1 amide bonds. The van der Waals surface area contributed by atoms with E-state index >= 15 is 0 Å². The van der Waals surface area contributed by atoms with Crippen molar-refractivity contribution in [3.8, 4) is 0 Å². The van der Waals surface area contributed by atoms with Gasteiger partial charge in [0.15, 0.2) is 5.69 Å². The third-order valence-corrected chi connectivity index (χ3v) is 2.53. The van der Waals surface area contributed by atoms with E-state index in [1.807, 2.05) is 0 Å². The second kappa shape index (κ2) is 6.37. The summed E-state index contributed by atoms with van der Waals surface area (Å²) in [4.78, 5) is 11.5. The van der Waals surface area contributed by atoms with E-state index < -0.39 is 30.1 Å². The van der Waals surface area contributed by atoms with E-state index in [1.165, 1.54) is 18.2 Å². The fraction of sp³-hybridized carbons (Fsp3) is 0.154. The Bertz CT molecular complexity index is 693. The number of carbonyl (C=O) groups is 1. The van der Waals surface area contributed by atoms with E-state index in [0.717, 1.165) is 23.2 Å². The summed E-state index contributed by atoms with van der Waals surface area (Å²) in [7, 11) is 0. The molecule has 0 radical (unpaired) electrons. The highest BCUT2D eigenvalue weighted by Crippen LogP contribution is 2.27. The van der Waals surface area contributed by atoms with Crippen molar-refractivity contribution < 1.29 is 22.4 Å². The summed E-state index contributed by atoms with van der Waals surface area (Å²) in [6.45, 7) is -0.440. The molecule has 0 fully saturated rings. The molecular formula is C13H10F4N4O. The summed E-state index contributed by atoms with van der Waals surface area (Å²) in [5.74, 6) is -1.20. The zero-order valence-corrected chi connectivity index (χ0v) is 11.0. The van der Waals surface area contributed by atoms with Crippen LogP contribution in [0.3, 0.4) is 0 Å². The molecule has 22 heavy (non-hydrogen) atoms. The molecule has 1 N–H and O–H groups in total. The maximum atomic E-state index is 13.3. The van der Waals surface area contributed by atoms with Gasteiger partial charge in [-0.3, -0.25) is 9.48 Å². The molecule has 0 bridgehead atoms. The molecule has 0 spiro atoms. The Morgan fingerprint density at radius 1 is 1.32 bits per heavy atom. The third kappa shape index (κ3) is 4.14. The van der Waals surface area contributed by atoms with Crippen LogP contribution in [0.5, 0.6) is 0 Å². The lowest BCUT2D eigenvalue weighted by atomic mass is 10.2. The normalized spacial score (nSPS) is 11.8. The lowest BCUT2D eigenvalue weighted by molar-refractivity contribution is -0.141. The summed E-state index contributed by atoms with van der Waals surface area (Å²) in [5.41, 5.74) is 1.16. The minimum absolute atomic E-state index is 0.168. The van der Waals surface area contributed by atoms with E-state index in [-0.39, 0.29) is 5.56 Å². The number of alkyl halides is 3. The number of benzene rings is 1. The molecule has 0 aliphatic heterocycles. The van der Waals surface area contributed by atoms with Crippen molar-refractivity contribution in [3.63, 3.8) is 0 Å². The van der Waals surface area contributed by atoms with Gasteiger partial charge in [-0.25, -0.2) is 9.82 Å². The zero-order valence-electron chi connectivity index (χ0n) is 11.0. The van der Waals surface area contributed by atoms with Crippen molar-refractivity contribution in [1.82, 2.24) is 15.2 Å². The standard InChI is InChI=1S/C13H10F4N4O/c14-10-4-2-1-3-9(10)7-18-19-12(22)8-21-6-5-11(20-21)13(15,16)17/h1-7H,8H2,(H,19,22)/b18-7-. The van der Waals surface area contributed by atoms with Gasteiger partial charge in [-0.1, -0.05) is 18.2 Å². The highest BCUT2D eigenvalue weighted by molar-refractivity contribution is 5.82. The van der Waals surface area contributed by atoms with Gasteiger partial charge in [0.2, 0.25) is 0 Å². The Labute approximate surface area is 122 Å². The van der Waals surface area contributed by atoms with E-state index in [9.17, 15) is 22.4 Å².